The molecule has 2 nitrogen and oxygen atoms in total. The smallest absolute Gasteiger partial charge is 0.165 e. The highest BCUT2D eigenvalue weighted by Gasteiger charge is 2.27. The van der Waals surface area contributed by atoms with E-state index in [9.17, 15) is 4.79 Å². The van der Waals surface area contributed by atoms with Gasteiger partial charge >= 0.3 is 0 Å². The Morgan fingerprint density at radius 3 is 2.71 bits per heavy atom. The molecule has 2 heteroatoms. The molecule has 0 saturated carbocycles. The molecule has 1 aliphatic rings. The lowest BCUT2D eigenvalue weighted by atomic mass is 9.82. The van der Waals surface area contributed by atoms with Crippen molar-refractivity contribution in [2.45, 2.75) is 25.7 Å². The summed E-state index contributed by atoms with van der Waals surface area (Å²) in [6.45, 7) is 2.00. The lowest BCUT2D eigenvalue weighted by molar-refractivity contribution is 0.0964. The minimum Gasteiger partial charge on any atom is -0.362 e. The average molecular weight is 225 g/mol. The number of nitrogens with one attached hydrogen (secondary N) is 1. The van der Waals surface area contributed by atoms with Crippen LogP contribution in [0.3, 0.4) is 0 Å². The highest BCUT2D eigenvalue weighted by atomic mass is 16.1. The molecule has 1 N–H and O–H groups in total. The number of hydrogen-bond acceptors (Lipinski definition) is 1. The van der Waals surface area contributed by atoms with Crippen molar-refractivity contribution >= 4 is 5.78 Å². The van der Waals surface area contributed by atoms with Crippen molar-refractivity contribution in [3.8, 4) is 0 Å². The Labute approximate surface area is 101 Å². The fourth-order valence-electron chi connectivity index (χ4n) is 2.67. The molecule has 86 valence electrons. The summed E-state index contributed by atoms with van der Waals surface area (Å²) in [6.07, 6.45) is 1.58. The molecule has 1 aromatic carbocycles. The summed E-state index contributed by atoms with van der Waals surface area (Å²) in [5.41, 5.74) is 4.35. The molecule has 1 atom stereocenters. The van der Waals surface area contributed by atoms with E-state index in [4.69, 9.17) is 0 Å². The SMILES string of the molecule is Cc1cc2c([nH]1)CC(c1ccccc1)CC2=O. The third-order valence-corrected chi connectivity index (χ3v) is 3.49. The Morgan fingerprint density at radius 1 is 1.18 bits per heavy atom. The predicted octanol–water partition coefficient (Wildman–Crippen LogP) is 3.24. The molecule has 2 aromatic rings. The summed E-state index contributed by atoms with van der Waals surface area (Å²) in [7, 11) is 0. The van der Waals surface area contributed by atoms with Crippen LogP contribution >= 0.6 is 0 Å². The van der Waals surface area contributed by atoms with Gasteiger partial charge in [-0.2, -0.15) is 0 Å². The molecule has 3 rings (SSSR count). The Morgan fingerprint density at radius 2 is 1.94 bits per heavy atom. The lowest BCUT2D eigenvalue weighted by Crippen LogP contribution is -2.17. The van der Waals surface area contributed by atoms with E-state index >= 15 is 0 Å². The fourth-order valence-corrected chi connectivity index (χ4v) is 2.67. The number of H-pyrrole nitrogens is 1. The minimum absolute atomic E-state index is 0.268. The average Bonchev–Trinajstić information content (AvgIpc) is 2.71. The van der Waals surface area contributed by atoms with Crippen LogP contribution in [0.4, 0.5) is 0 Å². The summed E-state index contributed by atoms with van der Waals surface area (Å²) >= 11 is 0. The normalized spacial score (nSPS) is 19.1. The van der Waals surface area contributed by atoms with Gasteiger partial charge in [-0.1, -0.05) is 30.3 Å². The van der Waals surface area contributed by atoms with Gasteiger partial charge in [0.25, 0.3) is 0 Å². The number of aromatic nitrogens is 1. The summed E-state index contributed by atoms with van der Waals surface area (Å²) in [6, 6.07) is 12.3. The van der Waals surface area contributed by atoms with Crippen LogP contribution in [0.15, 0.2) is 36.4 Å². The van der Waals surface area contributed by atoms with Crippen molar-refractivity contribution in [1.82, 2.24) is 4.98 Å². The topological polar surface area (TPSA) is 32.9 Å². The van der Waals surface area contributed by atoms with E-state index in [1.807, 2.05) is 31.2 Å². The highest BCUT2D eigenvalue weighted by molar-refractivity contribution is 5.99. The zero-order valence-electron chi connectivity index (χ0n) is 9.86. The maximum Gasteiger partial charge on any atom is 0.165 e. The quantitative estimate of drug-likeness (QED) is 0.794. The number of carbonyl (C=O) groups excluding carboxylic acids is 1. The Balaban J connectivity index is 1.96. The monoisotopic (exact) mass is 225 g/mol. The summed E-state index contributed by atoms with van der Waals surface area (Å²) < 4.78 is 0. The number of ketones is 1. The van der Waals surface area contributed by atoms with Crippen molar-refractivity contribution in [3.05, 3.63) is 58.9 Å². The number of rotatable bonds is 1. The zero-order valence-corrected chi connectivity index (χ0v) is 9.86. The lowest BCUT2D eigenvalue weighted by Gasteiger charge is -2.21. The number of carbonyl (C=O) groups is 1. The first-order valence-electron chi connectivity index (χ1n) is 6.00. The van der Waals surface area contributed by atoms with E-state index in [1.165, 1.54) is 5.56 Å². The molecule has 1 unspecified atom stereocenters. The van der Waals surface area contributed by atoms with Crippen LogP contribution in [0, 0.1) is 6.92 Å². The van der Waals surface area contributed by atoms with Gasteiger partial charge in [0.05, 0.1) is 0 Å². The number of fused-ring (bicyclic) bond motifs is 1. The molecule has 1 aliphatic carbocycles. The van der Waals surface area contributed by atoms with Gasteiger partial charge in [0, 0.05) is 23.4 Å². The molecule has 0 saturated heterocycles. The summed E-state index contributed by atoms with van der Waals surface area (Å²) in [5, 5.41) is 0. The second kappa shape index (κ2) is 3.88. The maximum absolute atomic E-state index is 12.1. The zero-order chi connectivity index (χ0) is 11.8. The molecule has 0 aliphatic heterocycles. The largest absolute Gasteiger partial charge is 0.362 e. The molecule has 0 fully saturated rings. The standard InChI is InChI=1S/C15H15NO/c1-10-7-13-14(16-10)8-12(9-15(13)17)11-5-3-2-4-6-11/h2-7,12,16H,8-9H2,1H3. The molecule has 1 heterocycles. The number of benzene rings is 1. The van der Waals surface area contributed by atoms with E-state index in [0.717, 1.165) is 23.4 Å². The van der Waals surface area contributed by atoms with Crippen LogP contribution in [-0.4, -0.2) is 10.8 Å². The number of aromatic amines is 1. The summed E-state index contributed by atoms with van der Waals surface area (Å²) in [4.78, 5) is 15.4. The van der Waals surface area contributed by atoms with E-state index in [2.05, 4.69) is 17.1 Å². The van der Waals surface area contributed by atoms with E-state index < -0.39 is 0 Å². The van der Waals surface area contributed by atoms with Gasteiger partial charge in [-0.3, -0.25) is 4.79 Å². The van der Waals surface area contributed by atoms with Gasteiger partial charge in [0.2, 0.25) is 0 Å². The molecule has 0 bridgehead atoms. The first-order chi connectivity index (χ1) is 8.24. The Hall–Kier alpha value is -1.83. The molecule has 17 heavy (non-hydrogen) atoms. The minimum atomic E-state index is 0.268. The van der Waals surface area contributed by atoms with Crippen LogP contribution in [-0.2, 0) is 6.42 Å². The van der Waals surface area contributed by atoms with E-state index in [-0.39, 0.29) is 5.78 Å². The van der Waals surface area contributed by atoms with Crippen molar-refractivity contribution in [2.24, 2.45) is 0 Å². The molecular formula is C15H15NO. The number of Topliss-reactive ketones (excluding diaryl/α,β-unsaturated/α-hetero) is 1. The number of hydrogen-bond donors (Lipinski definition) is 1. The van der Waals surface area contributed by atoms with Gasteiger partial charge in [0.15, 0.2) is 5.78 Å². The molecule has 0 amide bonds. The molecule has 0 spiro atoms. The van der Waals surface area contributed by atoms with Crippen molar-refractivity contribution in [1.29, 1.82) is 0 Å². The highest BCUT2D eigenvalue weighted by Crippen LogP contribution is 2.32. The van der Waals surface area contributed by atoms with Gasteiger partial charge in [0.1, 0.15) is 0 Å². The first-order valence-corrected chi connectivity index (χ1v) is 6.00. The van der Waals surface area contributed by atoms with Gasteiger partial charge < -0.3 is 4.98 Å². The van der Waals surface area contributed by atoms with Crippen LogP contribution in [0.1, 0.15) is 39.6 Å². The van der Waals surface area contributed by atoms with Crippen molar-refractivity contribution in [2.75, 3.05) is 0 Å². The third kappa shape index (κ3) is 1.80. The Bertz CT molecular complexity index is 554. The molecular weight excluding hydrogens is 210 g/mol. The van der Waals surface area contributed by atoms with Crippen LogP contribution in [0.25, 0.3) is 0 Å². The predicted molar refractivity (Wildman–Crippen MR) is 67.4 cm³/mol. The molecule has 0 radical (unpaired) electrons. The first kappa shape index (κ1) is 10.3. The van der Waals surface area contributed by atoms with Gasteiger partial charge in [-0.15, -0.1) is 0 Å². The number of aryl methyl sites for hydroxylation is 1. The summed E-state index contributed by atoms with van der Waals surface area (Å²) in [5.74, 6) is 0.596. The van der Waals surface area contributed by atoms with Crippen molar-refractivity contribution < 1.29 is 4.79 Å². The van der Waals surface area contributed by atoms with Crippen LogP contribution < -0.4 is 0 Å². The van der Waals surface area contributed by atoms with E-state index in [0.29, 0.717) is 12.3 Å². The Kier molecular flexibility index (Phi) is 2.36. The van der Waals surface area contributed by atoms with E-state index in [1.54, 1.807) is 0 Å². The maximum atomic E-state index is 12.1. The van der Waals surface area contributed by atoms with Crippen LogP contribution in [0.2, 0.25) is 0 Å². The molecule has 1 aromatic heterocycles. The second-order valence-corrected chi connectivity index (χ2v) is 4.78. The van der Waals surface area contributed by atoms with Gasteiger partial charge in [-0.25, -0.2) is 0 Å². The third-order valence-electron chi connectivity index (χ3n) is 3.49. The van der Waals surface area contributed by atoms with Crippen LogP contribution in [0.5, 0.6) is 0 Å². The van der Waals surface area contributed by atoms with Gasteiger partial charge in [-0.05, 0) is 30.9 Å². The van der Waals surface area contributed by atoms with Crippen molar-refractivity contribution in [3.63, 3.8) is 0 Å². The second-order valence-electron chi connectivity index (χ2n) is 4.78. The fraction of sp³-hybridized carbons (Fsp3) is 0.267.